The van der Waals surface area contributed by atoms with Gasteiger partial charge in [0, 0.05) is 24.2 Å². The molecule has 3 atom stereocenters. The lowest BCUT2D eigenvalue weighted by Crippen LogP contribution is -2.55. The summed E-state index contributed by atoms with van der Waals surface area (Å²) in [5.41, 5.74) is -1.06. The third-order valence-electron chi connectivity index (χ3n) is 9.69. The van der Waals surface area contributed by atoms with Crippen molar-refractivity contribution < 1.29 is 14.1 Å². The quantitative estimate of drug-likeness (QED) is 0.537. The zero-order chi connectivity index (χ0) is 24.2. The molecule has 0 aromatic carbocycles. The van der Waals surface area contributed by atoms with Crippen LogP contribution >= 0.6 is 0 Å². The molecule has 0 spiro atoms. The van der Waals surface area contributed by atoms with Gasteiger partial charge < -0.3 is 14.6 Å². The maximum atomic E-state index is 13.7. The van der Waals surface area contributed by atoms with E-state index in [0.29, 0.717) is 11.8 Å². The molecular formula is C27H49BN2O3. The summed E-state index contributed by atoms with van der Waals surface area (Å²) in [7, 11) is -0.136. The summed E-state index contributed by atoms with van der Waals surface area (Å²) in [5, 5.41) is 3.35. The predicted molar refractivity (Wildman–Crippen MR) is 135 cm³/mol. The van der Waals surface area contributed by atoms with E-state index in [2.05, 4.69) is 65.6 Å². The zero-order valence-electron chi connectivity index (χ0n) is 22.6. The Labute approximate surface area is 203 Å². The first-order valence-electron chi connectivity index (χ1n) is 13.6. The first-order chi connectivity index (χ1) is 15.2. The van der Waals surface area contributed by atoms with Crippen molar-refractivity contribution >= 4 is 13.0 Å². The Kier molecular flexibility index (Phi) is 6.81. The van der Waals surface area contributed by atoms with Gasteiger partial charge in [0.1, 0.15) is 0 Å². The van der Waals surface area contributed by atoms with Gasteiger partial charge in [-0.1, -0.05) is 19.8 Å². The number of amides is 1. The van der Waals surface area contributed by atoms with Crippen molar-refractivity contribution in [1.29, 1.82) is 0 Å². The lowest BCUT2D eigenvalue weighted by Gasteiger charge is -2.46. The largest absolute Gasteiger partial charge is 0.457 e. The van der Waals surface area contributed by atoms with Crippen molar-refractivity contribution in [3.05, 3.63) is 0 Å². The van der Waals surface area contributed by atoms with E-state index in [1.54, 1.807) is 0 Å². The Morgan fingerprint density at radius 3 is 2.00 bits per heavy atom. The summed E-state index contributed by atoms with van der Waals surface area (Å²) in [4.78, 5) is 16.5. The van der Waals surface area contributed by atoms with E-state index >= 15 is 0 Å². The van der Waals surface area contributed by atoms with Crippen LogP contribution in [0.2, 0.25) is 6.32 Å². The molecule has 0 radical (unpaired) electrons. The highest BCUT2D eigenvalue weighted by Gasteiger charge is 2.52. The number of fused-ring (bicyclic) bond motifs is 2. The molecule has 0 aromatic rings. The number of carbonyl (C=O) groups is 1. The highest BCUT2D eigenvalue weighted by molar-refractivity contribution is 6.45. The Balaban J connectivity index is 1.42. The highest BCUT2D eigenvalue weighted by atomic mass is 16.7. The SMILES string of the molecule is CC(C)(C)NC(=O)[C@@]1(C)C[C@H](CCB2OC(C)(C)C(C)(C)O2)CC[C@H]1CN1C2CCC1CC2. The van der Waals surface area contributed by atoms with Gasteiger partial charge >= 0.3 is 7.12 Å². The Morgan fingerprint density at radius 2 is 1.48 bits per heavy atom. The Bertz CT molecular complexity index is 697. The number of nitrogens with zero attached hydrogens (tertiary/aromatic N) is 1. The van der Waals surface area contributed by atoms with Crippen molar-refractivity contribution in [2.24, 2.45) is 17.3 Å². The molecule has 3 saturated heterocycles. The number of hydrogen-bond donors (Lipinski definition) is 1. The van der Waals surface area contributed by atoms with E-state index in [-0.39, 0.29) is 35.2 Å². The lowest BCUT2D eigenvalue weighted by molar-refractivity contribution is -0.139. The molecule has 188 valence electrons. The van der Waals surface area contributed by atoms with Gasteiger partial charge in [-0.3, -0.25) is 9.69 Å². The second kappa shape index (κ2) is 8.82. The van der Waals surface area contributed by atoms with Crippen molar-refractivity contribution in [2.45, 2.75) is 142 Å². The number of nitrogens with one attached hydrogen (secondary N) is 1. The minimum atomic E-state index is -0.311. The number of carbonyl (C=O) groups excluding carboxylic acids is 1. The van der Waals surface area contributed by atoms with Crippen LogP contribution < -0.4 is 5.32 Å². The van der Waals surface area contributed by atoms with Gasteiger partial charge in [0.15, 0.2) is 0 Å². The molecule has 4 aliphatic rings. The molecule has 3 aliphatic heterocycles. The topological polar surface area (TPSA) is 50.8 Å². The van der Waals surface area contributed by atoms with Crippen LogP contribution in [0.4, 0.5) is 0 Å². The summed E-state index contributed by atoms with van der Waals surface area (Å²) in [5.74, 6) is 1.24. The van der Waals surface area contributed by atoms with Gasteiger partial charge in [-0.25, -0.2) is 0 Å². The summed E-state index contributed by atoms with van der Waals surface area (Å²) >= 11 is 0. The molecular weight excluding hydrogens is 411 g/mol. The van der Waals surface area contributed by atoms with Crippen molar-refractivity contribution in [1.82, 2.24) is 10.2 Å². The third-order valence-corrected chi connectivity index (χ3v) is 9.69. The molecule has 0 aromatic heterocycles. The molecule has 6 heteroatoms. The normalized spacial score (nSPS) is 38.1. The second-order valence-electron chi connectivity index (χ2n) is 13.9. The van der Waals surface area contributed by atoms with E-state index in [1.807, 2.05) is 0 Å². The van der Waals surface area contributed by atoms with Gasteiger partial charge in [0.05, 0.1) is 16.6 Å². The lowest BCUT2D eigenvalue weighted by atomic mass is 9.61. The van der Waals surface area contributed by atoms with E-state index in [4.69, 9.17) is 9.31 Å². The smallest absolute Gasteiger partial charge is 0.403 e. The van der Waals surface area contributed by atoms with Gasteiger partial charge in [0.25, 0.3) is 0 Å². The predicted octanol–water partition coefficient (Wildman–Crippen LogP) is 5.43. The standard InChI is InChI=1S/C27H49BN2O3/c1-24(2,3)29-23(31)27(8)17-19(15-16-28-32-25(4,5)26(6,7)33-28)9-10-20(27)18-30-21-11-12-22(30)14-13-21/h19-22H,9-18H2,1-8H3,(H,29,31)/t19-,20-,21?,22?,27-/m0/s1. The maximum Gasteiger partial charge on any atom is 0.457 e. The summed E-state index contributed by atoms with van der Waals surface area (Å²) in [6, 6.07) is 1.54. The summed E-state index contributed by atoms with van der Waals surface area (Å²) in [6.45, 7) is 18.2. The minimum absolute atomic E-state index is 0.136. The molecule has 4 fully saturated rings. The molecule has 3 heterocycles. The van der Waals surface area contributed by atoms with Crippen LogP contribution in [0.5, 0.6) is 0 Å². The molecule has 1 N–H and O–H groups in total. The second-order valence-corrected chi connectivity index (χ2v) is 13.9. The van der Waals surface area contributed by atoms with Crippen LogP contribution in [0.25, 0.3) is 0 Å². The van der Waals surface area contributed by atoms with Gasteiger partial charge in [0.2, 0.25) is 5.91 Å². The third kappa shape index (κ3) is 5.18. The molecule has 4 rings (SSSR count). The van der Waals surface area contributed by atoms with Gasteiger partial charge in [-0.2, -0.15) is 0 Å². The van der Waals surface area contributed by atoms with Gasteiger partial charge in [-0.15, -0.1) is 0 Å². The molecule has 5 nitrogen and oxygen atoms in total. The molecule has 2 bridgehead atoms. The number of rotatable bonds is 6. The summed E-state index contributed by atoms with van der Waals surface area (Å²) < 4.78 is 12.5. The van der Waals surface area contributed by atoms with Crippen LogP contribution in [-0.4, -0.2) is 53.3 Å². The zero-order valence-corrected chi connectivity index (χ0v) is 22.6. The van der Waals surface area contributed by atoms with Crippen LogP contribution in [0.15, 0.2) is 0 Å². The fraction of sp³-hybridized carbons (Fsp3) is 0.963. The monoisotopic (exact) mass is 460 g/mol. The van der Waals surface area contributed by atoms with Crippen molar-refractivity contribution in [3.8, 4) is 0 Å². The molecule has 1 saturated carbocycles. The van der Waals surface area contributed by atoms with E-state index < -0.39 is 0 Å². The Hall–Kier alpha value is -0.585. The van der Waals surface area contributed by atoms with Crippen LogP contribution in [0, 0.1) is 17.3 Å². The van der Waals surface area contributed by atoms with Crippen molar-refractivity contribution in [3.63, 3.8) is 0 Å². The molecule has 1 aliphatic carbocycles. The van der Waals surface area contributed by atoms with Crippen molar-refractivity contribution in [2.75, 3.05) is 6.54 Å². The first kappa shape index (κ1) is 25.5. The van der Waals surface area contributed by atoms with Crippen LogP contribution in [-0.2, 0) is 14.1 Å². The molecule has 1 amide bonds. The van der Waals surface area contributed by atoms with Gasteiger partial charge in [-0.05, 0) is 105 Å². The fourth-order valence-corrected chi connectivity index (χ4v) is 6.95. The molecule has 0 unspecified atom stereocenters. The van der Waals surface area contributed by atoms with Crippen LogP contribution in [0.1, 0.15) is 107 Å². The van der Waals surface area contributed by atoms with E-state index in [0.717, 1.165) is 44.2 Å². The van der Waals surface area contributed by atoms with Crippen LogP contribution in [0.3, 0.4) is 0 Å². The van der Waals surface area contributed by atoms with E-state index in [9.17, 15) is 4.79 Å². The fourth-order valence-electron chi connectivity index (χ4n) is 6.95. The summed E-state index contributed by atoms with van der Waals surface area (Å²) in [6.07, 6.45) is 10.8. The first-order valence-corrected chi connectivity index (χ1v) is 13.6. The average molecular weight is 461 g/mol. The van der Waals surface area contributed by atoms with E-state index in [1.165, 1.54) is 32.1 Å². The maximum absolute atomic E-state index is 13.7. The Morgan fingerprint density at radius 1 is 0.939 bits per heavy atom. The molecule has 33 heavy (non-hydrogen) atoms. The highest BCUT2D eigenvalue weighted by Crippen LogP contribution is 2.49. The average Bonchev–Trinajstić information content (AvgIpc) is 3.31. The number of hydrogen-bond acceptors (Lipinski definition) is 4. The minimum Gasteiger partial charge on any atom is -0.403 e.